The van der Waals surface area contributed by atoms with Gasteiger partial charge in [0.2, 0.25) is 0 Å². The van der Waals surface area contributed by atoms with E-state index in [9.17, 15) is 0 Å². The molecule has 1 aliphatic heterocycles. The lowest BCUT2D eigenvalue weighted by atomic mass is 9.98. The normalized spacial score (nSPS) is 23.6. The minimum Gasteiger partial charge on any atom is -0.327 e. The van der Waals surface area contributed by atoms with Crippen molar-refractivity contribution in [1.82, 2.24) is 4.90 Å². The van der Waals surface area contributed by atoms with Crippen molar-refractivity contribution in [3.8, 4) is 0 Å². The predicted molar refractivity (Wildman–Crippen MR) is 73.3 cm³/mol. The van der Waals surface area contributed by atoms with E-state index in [2.05, 4.69) is 24.0 Å². The van der Waals surface area contributed by atoms with E-state index >= 15 is 0 Å². The Bertz CT molecular complexity index is 350. The van der Waals surface area contributed by atoms with Crippen molar-refractivity contribution in [2.75, 3.05) is 13.1 Å². The van der Waals surface area contributed by atoms with Crippen molar-refractivity contribution < 1.29 is 0 Å². The van der Waals surface area contributed by atoms with Gasteiger partial charge in [0.05, 0.1) is 0 Å². The summed E-state index contributed by atoms with van der Waals surface area (Å²) >= 11 is 5.93. The van der Waals surface area contributed by atoms with Crippen molar-refractivity contribution >= 4 is 11.6 Å². The first-order valence-corrected chi connectivity index (χ1v) is 6.83. The second-order valence-electron chi connectivity index (χ2n) is 4.87. The Morgan fingerprint density at radius 3 is 2.71 bits per heavy atom. The summed E-state index contributed by atoms with van der Waals surface area (Å²) in [5.74, 6) is 0. The molecule has 0 saturated carbocycles. The van der Waals surface area contributed by atoms with Gasteiger partial charge in [0, 0.05) is 23.7 Å². The van der Waals surface area contributed by atoms with Gasteiger partial charge in [-0.25, -0.2) is 0 Å². The van der Waals surface area contributed by atoms with Gasteiger partial charge in [-0.3, -0.25) is 4.90 Å². The van der Waals surface area contributed by atoms with E-state index in [1.807, 2.05) is 12.1 Å². The van der Waals surface area contributed by atoms with Crippen molar-refractivity contribution in [3.05, 3.63) is 34.9 Å². The third kappa shape index (κ3) is 3.21. The molecule has 3 heteroatoms. The van der Waals surface area contributed by atoms with Gasteiger partial charge in [-0.15, -0.1) is 0 Å². The predicted octanol–water partition coefficient (Wildman–Crippen LogP) is 3.21. The SMILES string of the molecule is CCC(c1ccc(Cl)cc1)N1CCCC(N)C1. The van der Waals surface area contributed by atoms with Crippen LogP contribution in [0.25, 0.3) is 0 Å². The topological polar surface area (TPSA) is 29.3 Å². The first-order valence-electron chi connectivity index (χ1n) is 6.45. The highest BCUT2D eigenvalue weighted by Crippen LogP contribution is 2.27. The Morgan fingerprint density at radius 2 is 2.12 bits per heavy atom. The molecule has 1 aromatic carbocycles. The molecule has 2 unspecified atom stereocenters. The molecule has 1 saturated heterocycles. The van der Waals surface area contributed by atoms with E-state index in [1.54, 1.807) is 0 Å². The van der Waals surface area contributed by atoms with Crippen LogP contribution in [-0.4, -0.2) is 24.0 Å². The highest BCUT2D eigenvalue weighted by Gasteiger charge is 2.23. The maximum absolute atomic E-state index is 6.06. The van der Waals surface area contributed by atoms with Crippen LogP contribution >= 0.6 is 11.6 Å². The molecular weight excluding hydrogens is 232 g/mol. The minimum absolute atomic E-state index is 0.338. The average molecular weight is 253 g/mol. The minimum atomic E-state index is 0.338. The third-order valence-electron chi connectivity index (χ3n) is 3.57. The summed E-state index contributed by atoms with van der Waals surface area (Å²) in [6.07, 6.45) is 3.49. The van der Waals surface area contributed by atoms with Crippen LogP contribution in [0, 0.1) is 0 Å². The quantitative estimate of drug-likeness (QED) is 0.895. The summed E-state index contributed by atoms with van der Waals surface area (Å²) in [6, 6.07) is 9.05. The van der Waals surface area contributed by atoms with Crippen molar-refractivity contribution in [1.29, 1.82) is 0 Å². The van der Waals surface area contributed by atoms with Gasteiger partial charge < -0.3 is 5.73 Å². The summed E-state index contributed by atoms with van der Waals surface area (Å²) in [5, 5.41) is 0.805. The molecule has 0 spiro atoms. The average Bonchev–Trinajstić information content (AvgIpc) is 2.33. The van der Waals surface area contributed by atoms with Crippen LogP contribution in [-0.2, 0) is 0 Å². The number of hydrogen-bond donors (Lipinski definition) is 1. The van der Waals surface area contributed by atoms with E-state index < -0.39 is 0 Å². The fraction of sp³-hybridized carbons (Fsp3) is 0.571. The summed E-state index contributed by atoms with van der Waals surface area (Å²) in [6.45, 7) is 4.41. The zero-order valence-corrected chi connectivity index (χ0v) is 11.2. The number of nitrogens with zero attached hydrogens (tertiary/aromatic N) is 1. The zero-order valence-electron chi connectivity index (χ0n) is 10.4. The third-order valence-corrected chi connectivity index (χ3v) is 3.82. The van der Waals surface area contributed by atoms with E-state index in [-0.39, 0.29) is 0 Å². The number of halogens is 1. The summed E-state index contributed by atoms with van der Waals surface area (Å²) < 4.78 is 0. The Morgan fingerprint density at radius 1 is 1.41 bits per heavy atom. The van der Waals surface area contributed by atoms with Crippen molar-refractivity contribution in [2.45, 2.75) is 38.3 Å². The lowest BCUT2D eigenvalue weighted by Gasteiger charge is -2.37. The van der Waals surface area contributed by atoms with Crippen molar-refractivity contribution in [3.63, 3.8) is 0 Å². The number of piperidine rings is 1. The summed E-state index contributed by atoms with van der Waals surface area (Å²) in [5.41, 5.74) is 7.41. The largest absolute Gasteiger partial charge is 0.327 e. The smallest absolute Gasteiger partial charge is 0.0406 e. The van der Waals surface area contributed by atoms with Gasteiger partial charge in [-0.05, 0) is 43.5 Å². The number of hydrogen-bond acceptors (Lipinski definition) is 2. The van der Waals surface area contributed by atoms with E-state index in [4.69, 9.17) is 17.3 Å². The van der Waals surface area contributed by atoms with E-state index in [0.717, 1.165) is 31.0 Å². The van der Waals surface area contributed by atoms with Crippen LogP contribution in [0.2, 0.25) is 5.02 Å². The highest BCUT2D eigenvalue weighted by molar-refractivity contribution is 6.30. The molecule has 2 nitrogen and oxygen atoms in total. The molecule has 0 bridgehead atoms. The fourth-order valence-electron chi connectivity index (χ4n) is 2.71. The van der Waals surface area contributed by atoms with Crippen LogP contribution in [0.3, 0.4) is 0 Å². The Kier molecular flexibility index (Phi) is 4.43. The maximum Gasteiger partial charge on any atom is 0.0406 e. The summed E-state index contributed by atoms with van der Waals surface area (Å²) in [7, 11) is 0. The molecule has 1 aliphatic rings. The van der Waals surface area contributed by atoms with Crippen LogP contribution in [0.1, 0.15) is 37.8 Å². The van der Waals surface area contributed by atoms with Gasteiger partial charge in [0.1, 0.15) is 0 Å². The Balaban J connectivity index is 2.12. The molecular formula is C14H21ClN2. The maximum atomic E-state index is 6.06. The molecule has 0 radical (unpaired) electrons. The fourth-order valence-corrected chi connectivity index (χ4v) is 2.84. The Hall–Kier alpha value is -0.570. The molecule has 2 N–H and O–H groups in total. The van der Waals surface area contributed by atoms with Gasteiger partial charge in [-0.2, -0.15) is 0 Å². The lowest BCUT2D eigenvalue weighted by Crippen LogP contribution is -2.44. The van der Waals surface area contributed by atoms with Gasteiger partial charge >= 0.3 is 0 Å². The zero-order chi connectivity index (χ0) is 12.3. The highest BCUT2D eigenvalue weighted by atomic mass is 35.5. The van der Waals surface area contributed by atoms with Gasteiger partial charge in [-0.1, -0.05) is 30.7 Å². The number of rotatable bonds is 3. The molecule has 0 aliphatic carbocycles. The second kappa shape index (κ2) is 5.85. The van der Waals surface area contributed by atoms with Crippen LogP contribution in [0.4, 0.5) is 0 Å². The van der Waals surface area contributed by atoms with Crippen LogP contribution in [0.15, 0.2) is 24.3 Å². The van der Waals surface area contributed by atoms with Crippen molar-refractivity contribution in [2.24, 2.45) is 5.73 Å². The molecule has 94 valence electrons. The molecule has 1 heterocycles. The van der Waals surface area contributed by atoms with E-state index in [0.29, 0.717) is 12.1 Å². The number of benzene rings is 1. The van der Waals surface area contributed by atoms with E-state index in [1.165, 1.54) is 12.0 Å². The monoisotopic (exact) mass is 252 g/mol. The number of nitrogens with two attached hydrogens (primary N) is 1. The van der Waals surface area contributed by atoms with Gasteiger partial charge in [0.25, 0.3) is 0 Å². The second-order valence-corrected chi connectivity index (χ2v) is 5.31. The molecule has 2 atom stereocenters. The molecule has 0 amide bonds. The first-order chi connectivity index (χ1) is 8.20. The molecule has 17 heavy (non-hydrogen) atoms. The molecule has 1 fully saturated rings. The van der Waals surface area contributed by atoms with Gasteiger partial charge in [0.15, 0.2) is 0 Å². The Labute approximate surface area is 109 Å². The van der Waals surface area contributed by atoms with Crippen LogP contribution in [0.5, 0.6) is 0 Å². The van der Waals surface area contributed by atoms with Crippen LogP contribution < -0.4 is 5.73 Å². The first kappa shape index (κ1) is 12.9. The number of likely N-dealkylation sites (tertiary alicyclic amines) is 1. The summed E-state index contributed by atoms with van der Waals surface area (Å²) in [4.78, 5) is 2.51. The molecule has 0 aromatic heterocycles. The standard InChI is InChI=1S/C14H21ClN2/c1-2-14(11-5-7-12(15)8-6-11)17-9-3-4-13(16)10-17/h5-8,13-14H,2-4,9-10,16H2,1H3. The molecule has 1 aromatic rings. The lowest BCUT2D eigenvalue weighted by molar-refractivity contribution is 0.145. The molecule has 2 rings (SSSR count).